The maximum atomic E-state index is 13.4. The molecule has 0 spiro atoms. The molecule has 0 aliphatic rings. The molecule has 4 nitrogen and oxygen atoms in total. The summed E-state index contributed by atoms with van der Waals surface area (Å²) in [5, 5.41) is 10.7. The zero-order chi connectivity index (χ0) is 18.5. The van der Waals surface area contributed by atoms with Gasteiger partial charge < -0.3 is 9.67 Å². The van der Waals surface area contributed by atoms with Gasteiger partial charge in [0.15, 0.2) is 10.9 Å². The van der Waals surface area contributed by atoms with Crippen LogP contribution in [0.4, 0.5) is 4.39 Å². The number of aromatic nitrogens is 2. The molecule has 0 bridgehead atoms. The van der Waals surface area contributed by atoms with Crippen LogP contribution in [0.5, 0.6) is 0 Å². The maximum absolute atomic E-state index is 13.4. The Kier molecular flexibility index (Phi) is 6.08. The molecule has 1 N–H and O–H groups in total. The molecule has 1 heterocycles. The molecule has 26 heavy (non-hydrogen) atoms. The quantitative estimate of drug-likeness (QED) is 0.485. The van der Waals surface area contributed by atoms with Gasteiger partial charge in [-0.1, -0.05) is 35.5 Å². The van der Waals surface area contributed by atoms with E-state index in [4.69, 9.17) is 11.6 Å². The monoisotopic (exact) mass is 390 g/mol. The third-order valence-electron chi connectivity index (χ3n) is 3.79. The zero-order valence-corrected chi connectivity index (χ0v) is 15.3. The molecule has 0 radical (unpaired) electrons. The third kappa shape index (κ3) is 4.52. The van der Waals surface area contributed by atoms with Gasteiger partial charge in [0.25, 0.3) is 0 Å². The second-order valence-electron chi connectivity index (χ2n) is 5.63. The number of hydrogen-bond acceptors (Lipinski definition) is 4. The normalized spacial score (nSPS) is 10.9. The predicted molar refractivity (Wildman–Crippen MR) is 100 cm³/mol. The predicted octanol–water partition coefficient (Wildman–Crippen LogP) is 4.19. The van der Waals surface area contributed by atoms with Crippen molar-refractivity contribution in [1.82, 2.24) is 9.55 Å². The number of imidazole rings is 1. The Hall–Kier alpha value is -2.15. The first-order valence-electron chi connectivity index (χ1n) is 7.88. The molecule has 2 aromatic carbocycles. The molecule has 0 unspecified atom stereocenters. The fourth-order valence-corrected chi connectivity index (χ4v) is 3.49. The summed E-state index contributed by atoms with van der Waals surface area (Å²) in [6.07, 6.45) is 1.56. The van der Waals surface area contributed by atoms with Gasteiger partial charge in [0, 0.05) is 10.6 Å². The van der Waals surface area contributed by atoms with Gasteiger partial charge >= 0.3 is 0 Å². The SMILES string of the molecule is O=C(CSc1ncc(CO)n1Cc1cccc(F)c1)c1ccc(Cl)cc1. The molecule has 1 aromatic heterocycles. The van der Waals surface area contributed by atoms with Crippen molar-refractivity contribution in [3.8, 4) is 0 Å². The van der Waals surface area contributed by atoms with E-state index in [1.165, 1.54) is 23.9 Å². The second kappa shape index (κ2) is 8.49. The summed E-state index contributed by atoms with van der Waals surface area (Å²) in [4.78, 5) is 16.6. The fraction of sp³-hybridized carbons (Fsp3) is 0.158. The molecule has 0 fully saturated rings. The first-order valence-corrected chi connectivity index (χ1v) is 9.24. The summed E-state index contributed by atoms with van der Waals surface area (Å²) in [7, 11) is 0. The van der Waals surface area contributed by atoms with Gasteiger partial charge in [-0.2, -0.15) is 0 Å². The highest BCUT2D eigenvalue weighted by Crippen LogP contribution is 2.22. The average Bonchev–Trinajstić information content (AvgIpc) is 3.02. The Morgan fingerprint density at radius 3 is 2.69 bits per heavy atom. The van der Waals surface area contributed by atoms with Crippen LogP contribution in [0.25, 0.3) is 0 Å². The molecule has 0 aliphatic heterocycles. The van der Waals surface area contributed by atoms with Crippen LogP contribution in [0.3, 0.4) is 0 Å². The molecule has 0 saturated heterocycles. The Morgan fingerprint density at radius 1 is 1.23 bits per heavy atom. The lowest BCUT2D eigenvalue weighted by molar-refractivity contribution is 0.102. The number of carbonyl (C=O) groups excluding carboxylic acids is 1. The van der Waals surface area contributed by atoms with E-state index in [2.05, 4.69) is 4.98 Å². The molecule has 3 rings (SSSR count). The van der Waals surface area contributed by atoms with Crippen LogP contribution >= 0.6 is 23.4 Å². The van der Waals surface area contributed by atoms with Crippen molar-refractivity contribution in [2.75, 3.05) is 5.75 Å². The number of nitrogens with zero attached hydrogens (tertiary/aromatic N) is 2. The molecular weight excluding hydrogens is 375 g/mol. The number of carbonyl (C=O) groups is 1. The minimum atomic E-state index is -0.319. The summed E-state index contributed by atoms with van der Waals surface area (Å²) < 4.78 is 15.2. The number of Topliss-reactive ketones (excluding diaryl/α,β-unsaturated/α-hetero) is 1. The van der Waals surface area contributed by atoms with E-state index in [1.54, 1.807) is 47.2 Å². The fourth-order valence-electron chi connectivity index (χ4n) is 2.47. The van der Waals surface area contributed by atoms with Gasteiger partial charge in [-0.15, -0.1) is 0 Å². The Bertz CT molecular complexity index is 912. The van der Waals surface area contributed by atoms with Gasteiger partial charge in [-0.25, -0.2) is 9.37 Å². The largest absolute Gasteiger partial charge is 0.390 e. The number of aliphatic hydroxyl groups excluding tert-OH is 1. The minimum absolute atomic E-state index is 0.0440. The van der Waals surface area contributed by atoms with Crippen LogP contribution in [0.2, 0.25) is 5.02 Å². The van der Waals surface area contributed by atoms with Crippen molar-refractivity contribution >= 4 is 29.1 Å². The van der Waals surface area contributed by atoms with Gasteiger partial charge in [-0.3, -0.25) is 4.79 Å². The lowest BCUT2D eigenvalue weighted by Gasteiger charge is -2.11. The molecule has 7 heteroatoms. The lowest BCUT2D eigenvalue weighted by Crippen LogP contribution is -2.08. The highest BCUT2D eigenvalue weighted by molar-refractivity contribution is 7.99. The number of thioether (sulfide) groups is 1. The van der Waals surface area contributed by atoms with Crippen LogP contribution in [0.15, 0.2) is 59.9 Å². The van der Waals surface area contributed by atoms with Crippen LogP contribution in [-0.4, -0.2) is 26.2 Å². The van der Waals surface area contributed by atoms with Crippen LogP contribution in [0.1, 0.15) is 21.6 Å². The van der Waals surface area contributed by atoms with Crippen molar-refractivity contribution in [1.29, 1.82) is 0 Å². The number of benzene rings is 2. The van der Waals surface area contributed by atoms with Gasteiger partial charge in [0.1, 0.15) is 5.82 Å². The highest BCUT2D eigenvalue weighted by Gasteiger charge is 2.14. The smallest absolute Gasteiger partial charge is 0.173 e. The number of ketones is 1. The zero-order valence-electron chi connectivity index (χ0n) is 13.7. The highest BCUT2D eigenvalue weighted by atomic mass is 35.5. The summed E-state index contributed by atoms with van der Waals surface area (Å²) in [5.74, 6) is -0.162. The van der Waals surface area contributed by atoms with Gasteiger partial charge in [-0.05, 0) is 42.0 Å². The summed E-state index contributed by atoms with van der Waals surface area (Å²) >= 11 is 7.12. The number of aliphatic hydroxyl groups is 1. The number of halogens is 2. The Labute approximate surface area is 159 Å². The molecule has 134 valence electrons. The summed E-state index contributed by atoms with van der Waals surface area (Å²) in [6.45, 7) is 0.180. The maximum Gasteiger partial charge on any atom is 0.173 e. The van der Waals surface area contributed by atoms with Gasteiger partial charge in [0.05, 0.1) is 30.8 Å². The molecular formula is C19H16ClFN2O2S. The van der Waals surface area contributed by atoms with Crippen molar-refractivity contribution < 1.29 is 14.3 Å². The van der Waals surface area contributed by atoms with E-state index in [0.29, 0.717) is 28.0 Å². The molecule has 0 saturated carbocycles. The average molecular weight is 391 g/mol. The molecule has 0 amide bonds. The third-order valence-corrected chi connectivity index (χ3v) is 5.03. The summed E-state index contributed by atoms with van der Waals surface area (Å²) in [6, 6.07) is 13.0. The van der Waals surface area contributed by atoms with E-state index in [-0.39, 0.29) is 24.0 Å². The van der Waals surface area contributed by atoms with Crippen molar-refractivity contribution in [2.45, 2.75) is 18.3 Å². The Morgan fingerprint density at radius 2 is 2.00 bits per heavy atom. The standard InChI is InChI=1S/C19H16ClFN2O2S/c20-15-6-4-14(5-7-15)18(25)12-26-19-22-9-17(11-24)23(19)10-13-2-1-3-16(21)8-13/h1-9,24H,10-12H2. The number of rotatable bonds is 7. The molecule has 3 aromatic rings. The van der Waals surface area contributed by atoms with E-state index in [0.717, 1.165) is 5.56 Å². The van der Waals surface area contributed by atoms with Crippen molar-refractivity contribution in [3.63, 3.8) is 0 Å². The first-order chi connectivity index (χ1) is 12.6. The second-order valence-corrected chi connectivity index (χ2v) is 7.00. The van der Waals surface area contributed by atoms with Crippen molar-refractivity contribution in [2.24, 2.45) is 0 Å². The van der Waals surface area contributed by atoms with E-state index < -0.39 is 0 Å². The first kappa shape index (κ1) is 18.6. The van der Waals surface area contributed by atoms with E-state index in [1.807, 2.05) is 0 Å². The van der Waals surface area contributed by atoms with Crippen LogP contribution < -0.4 is 0 Å². The van der Waals surface area contributed by atoms with E-state index in [9.17, 15) is 14.3 Å². The number of hydrogen-bond donors (Lipinski definition) is 1. The van der Waals surface area contributed by atoms with Crippen LogP contribution in [0, 0.1) is 5.82 Å². The van der Waals surface area contributed by atoms with Crippen molar-refractivity contribution in [3.05, 3.63) is 82.4 Å². The molecule has 0 aliphatic carbocycles. The molecule has 0 atom stereocenters. The van der Waals surface area contributed by atoms with E-state index >= 15 is 0 Å². The van der Waals surface area contributed by atoms with Gasteiger partial charge in [0.2, 0.25) is 0 Å². The topological polar surface area (TPSA) is 55.1 Å². The summed E-state index contributed by atoms with van der Waals surface area (Å²) in [5.41, 5.74) is 1.94. The lowest BCUT2D eigenvalue weighted by atomic mass is 10.1. The minimum Gasteiger partial charge on any atom is -0.390 e. The Balaban J connectivity index is 1.74. The van der Waals surface area contributed by atoms with Crippen LogP contribution in [-0.2, 0) is 13.2 Å².